The van der Waals surface area contributed by atoms with Gasteiger partial charge in [-0.3, -0.25) is 0 Å². The highest BCUT2D eigenvalue weighted by Gasteiger charge is 2.17. The molecule has 1 nitrogen and oxygen atoms in total. The number of unbranched alkanes of at least 4 members (excludes halogenated alkanes) is 2. The maximum absolute atomic E-state index is 14.5. The third-order valence-electron chi connectivity index (χ3n) is 5.81. The molecule has 0 fully saturated rings. The van der Waals surface area contributed by atoms with Gasteiger partial charge in [0.15, 0.2) is 11.6 Å². The van der Waals surface area contributed by atoms with Crippen LogP contribution in [-0.2, 0) is 0 Å². The molecule has 0 bridgehead atoms. The van der Waals surface area contributed by atoms with Crippen LogP contribution < -0.4 is 4.74 Å². The molecule has 0 saturated heterocycles. The van der Waals surface area contributed by atoms with Gasteiger partial charge in [0.05, 0.1) is 11.6 Å². The predicted octanol–water partition coefficient (Wildman–Crippen LogP) is 8.70. The van der Waals surface area contributed by atoms with Crippen molar-refractivity contribution in [3.8, 4) is 16.9 Å². The lowest BCUT2D eigenvalue weighted by molar-refractivity contribution is 0.301. The van der Waals surface area contributed by atoms with Gasteiger partial charge in [0.2, 0.25) is 0 Å². The van der Waals surface area contributed by atoms with Crippen LogP contribution in [0.1, 0.15) is 70.8 Å². The first-order valence-electron chi connectivity index (χ1n) is 11.0. The molecule has 0 aliphatic heterocycles. The molecule has 1 aliphatic rings. The topological polar surface area (TPSA) is 9.23 Å². The second-order valence-corrected chi connectivity index (χ2v) is 8.41. The van der Waals surface area contributed by atoms with Gasteiger partial charge in [-0.2, -0.15) is 0 Å². The Morgan fingerprint density at radius 2 is 1.76 bits per heavy atom. The second kappa shape index (κ2) is 10.8. The van der Waals surface area contributed by atoms with E-state index in [1.807, 2.05) is 25.1 Å². The summed E-state index contributed by atoms with van der Waals surface area (Å²) >= 11 is 6.30. The summed E-state index contributed by atoms with van der Waals surface area (Å²) in [5.74, 6) is 0.587. The van der Waals surface area contributed by atoms with Crippen LogP contribution in [-0.4, -0.2) is 6.61 Å². The number of allylic oxidation sites excluding steroid dienone is 2. The summed E-state index contributed by atoms with van der Waals surface area (Å²) in [5.41, 5.74) is 4.32. The van der Waals surface area contributed by atoms with Gasteiger partial charge in [-0.05, 0) is 60.4 Å². The minimum atomic E-state index is -0.481. The smallest absolute Gasteiger partial charge is 0.184 e. The van der Waals surface area contributed by atoms with Gasteiger partial charge >= 0.3 is 0 Å². The maximum Gasteiger partial charge on any atom is 0.184 e. The van der Waals surface area contributed by atoms with Crippen LogP contribution in [0.2, 0.25) is 5.02 Å². The average Bonchev–Trinajstić information content (AvgIpc) is 2.76. The van der Waals surface area contributed by atoms with Crippen LogP contribution >= 0.6 is 11.6 Å². The zero-order valence-corrected chi connectivity index (χ0v) is 18.4. The first-order chi connectivity index (χ1) is 14.1. The fourth-order valence-electron chi connectivity index (χ4n) is 4.04. The molecule has 29 heavy (non-hydrogen) atoms. The first kappa shape index (κ1) is 21.9. The Labute approximate surface area is 179 Å². The van der Waals surface area contributed by atoms with Gasteiger partial charge < -0.3 is 4.74 Å². The number of ether oxygens (including phenoxy) is 1. The van der Waals surface area contributed by atoms with Gasteiger partial charge in [0.25, 0.3) is 0 Å². The molecule has 3 heteroatoms. The molecule has 0 N–H and O–H groups in total. The zero-order chi connectivity index (χ0) is 20.6. The quantitative estimate of drug-likeness (QED) is 0.373. The van der Waals surface area contributed by atoms with Crippen molar-refractivity contribution in [2.24, 2.45) is 5.92 Å². The Balaban J connectivity index is 1.69. The maximum atomic E-state index is 14.5. The van der Waals surface area contributed by atoms with Gasteiger partial charge in [-0.1, -0.05) is 81.5 Å². The van der Waals surface area contributed by atoms with Crippen molar-refractivity contribution < 1.29 is 9.13 Å². The van der Waals surface area contributed by atoms with Gasteiger partial charge in [-0.15, -0.1) is 0 Å². The highest BCUT2D eigenvalue weighted by Crippen LogP contribution is 2.37. The zero-order valence-electron chi connectivity index (χ0n) is 17.6. The number of halogens is 2. The summed E-state index contributed by atoms with van der Waals surface area (Å²) in [6.45, 7) is 4.73. The average molecular weight is 415 g/mol. The Bertz CT molecular complexity index is 825. The van der Waals surface area contributed by atoms with Crippen molar-refractivity contribution in [2.75, 3.05) is 6.61 Å². The number of hydrogen-bond donors (Lipinski definition) is 0. The van der Waals surface area contributed by atoms with Crippen LogP contribution in [0.5, 0.6) is 5.75 Å². The molecule has 0 spiro atoms. The predicted molar refractivity (Wildman–Crippen MR) is 122 cm³/mol. The van der Waals surface area contributed by atoms with E-state index in [4.69, 9.17) is 16.3 Å². The lowest BCUT2D eigenvalue weighted by Crippen LogP contribution is -2.05. The summed E-state index contributed by atoms with van der Waals surface area (Å²) in [6.07, 6.45) is 12.2. The monoisotopic (exact) mass is 414 g/mol. The summed E-state index contributed by atoms with van der Waals surface area (Å²) < 4.78 is 20.0. The summed E-state index contributed by atoms with van der Waals surface area (Å²) in [5, 5.41) is 0.123. The van der Waals surface area contributed by atoms with E-state index in [1.54, 1.807) is 6.07 Å². The van der Waals surface area contributed by atoms with Crippen LogP contribution in [0.15, 0.2) is 42.5 Å². The lowest BCUT2D eigenvalue weighted by atomic mass is 9.83. The van der Waals surface area contributed by atoms with E-state index in [1.165, 1.54) is 49.7 Å². The molecule has 1 aliphatic carbocycles. The van der Waals surface area contributed by atoms with Crippen LogP contribution in [0.4, 0.5) is 4.39 Å². The Morgan fingerprint density at radius 1 is 1.00 bits per heavy atom. The highest BCUT2D eigenvalue weighted by molar-refractivity contribution is 6.33. The van der Waals surface area contributed by atoms with E-state index in [0.29, 0.717) is 12.2 Å². The van der Waals surface area contributed by atoms with Gasteiger partial charge in [-0.25, -0.2) is 4.39 Å². The molecule has 0 saturated carbocycles. The molecule has 2 aromatic carbocycles. The SMILES string of the molecule is CCCCCC1CC=C(c2ccc(-c3ccc(OCCC)c(F)c3Cl)cc2)CC1. The van der Waals surface area contributed by atoms with Crippen molar-refractivity contribution in [1.29, 1.82) is 0 Å². The van der Waals surface area contributed by atoms with Crippen molar-refractivity contribution in [3.05, 3.63) is 58.9 Å². The third kappa shape index (κ3) is 5.63. The molecule has 1 atom stereocenters. The van der Waals surface area contributed by atoms with E-state index in [0.717, 1.165) is 24.3 Å². The highest BCUT2D eigenvalue weighted by atomic mass is 35.5. The molecule has 0 aromatic heterocycles. The van der Waals surface area contributed by atoms with Crippen molar-refractivity contribution >= 4 is 17.2 Å². The minimum absolute atomic E-state index is 0.123. The molecule has 0 radical (unpaired) electrons. The first-order valence-corrected chi connectivity index (χ1v) is 11.4. The van der Waals surface area contributed by atoms with Gasteiger partial charge in [0, 0.05) is 5.56 Å². The standard InChI is InChI=1S/C26H32ClFO/c1-3-5-6-7-19-8-10-20(11-9-19)21-12-14-22(15-13-21)23-16-17-24(29-18-4-2)26(28)25(23)27/h10,12-17,19H,3-9,11,18H2,1-2H3. The molecule has 0 amide bonds. The Morgan fingerprint density at radius 3 is 2.41 bits per heavy atom. The fourth-order valence-corrected chi connectivity index (χ4v) is 4.30. The lowest BCUT2D eigenvalue weighted by Gasteiger charge is -2.22. The van der Waals surface area contributed by atoms with Gasteiger partial charge in [0.1, 0.15) is 0 Å². The fraction of sp³-hybridized carbons (Fsp3) is 0.462. The van der Waals surface area contributed by atoms with Crippen molar-refractivity contribution in [1.82, 2.24) is 0 Å². The summed E-state index contributed by atoms with van der Waals surface area (Å²) in [4.78, 5) is 0. The molecular weight excluding hydrogens is 383 g/mol. The molecule has 2 aromatic rings. The van der Waals surface area contributed by atoms with Crippen LogP contribution in [0.3, 0.4) is 0 Å². The number of rotatable bonds is 9. The second-order valence-electron chi connectivity index (χ2n) is 8.03. The van der Waals surface area contributed by atoms with E-state index in [9.17, 15) is 4.39 Å². The molecule has 3 rings (SSSR count). The van der Waals surface area contributed by atoms with E-state index < -0.39 is 5.82 Å². The summed E-state index contributed by atoms with van der Waals surface area (Å²) in [6, 6.07) is 11.9. The van der Waals surface area contributed by atoms with Crippen molar-refractivity contribution in [2.45, 2.75) is 65.2 Å². The number of hydrogen-bond acceptors (Lipinski definition) is 1. The summed E-state index contributed by atoms with van der Waals surface area (Å²) in [7, 11) is 0. The van der Waals surface area contributed by atoms with E-state index in [2.05, 4.69) is 25.1 Å². The molecular formula is C26H32ClFO. The largest absolute Gasteiger partial charge is 0.490 e. The van der Waals surface area contributed by atoms with Crippen molar-refractivity contribution in [3.63, 3.8) is 0 Å². The third-order valence-corrected chi connectivity index (χ3v) is 6.18. The van der Waals surface area contributed by atoms with Crippen LogP contribution in [0.25, 0.3) is 16.7 Å². The normalized spacial score (nSPS) is 16.6. The van der Waals surface area contributed by atoms with E-state index in [-0.39, 0.29) is 10.8 Å². The Kier molecular flexibility index (Phi) is 8.18. The number of benzene rings is 2. The molecule has 156 valence electrons. The van der Waals surface area contributed by atoms with E-state index >= 15 is 0 Å². The molecule has 1 unspecified atom stereocenters. The Hall–Kier alpha value is -1.80. The molecule has 0 heterocycles. The van der Waals surface area contributed by atoms with Crippen LogP contribution in [0, 0.1) is 11.7 Å². The minimum Gasteiger partial charge on any atom is -0.490 e.